The number of halogens is 3. The Kier molecular flexibility index (Phi) is 2.84. The molecule has 1 aromatic rings. The first kappa shape index (κ1) is 11.9. The third-order valence-corrected chi connectivity index (χ3v) is 2.61. The summed E-state index contributed by atoms with van der Waals surface area (Å²) in [6.07, 6.45) is -2.73. The first-order valence-electron chi connectivity index (χ1n) is 5.24. The van der Waals surface area contributed by atoms with Gasteiger partial charge in [-0.25, -0.2) is 0 Å². The lowest BCUT2D eigenvalue weighted by molar-refractivity contribution is -0.141. The second kappa shape index (κ2) is 4.05. The molecule has 1 amide bonds. The van der Waals surface area contributed by atoms with Crippen molar-refractivity contribution in [1.82, 2.24) is 4.98 Å². The Morgan fingerprint density at radius 1 is 1.35 bits per heavy atom. The molecule has 1 aliphatic rings. The van der Waals surface area contributed by atoms with Crippen LogP contribution >= 0.6 is 0 Å². The number of aryl methyl sites for hydroxylation is 1. The van der Waals surface area contributed by atoms with Gasteiger partial charge in [0.25, 0.3) is 0 Å². The van der Waals surface area contributed by atoms with Gasteiger partial charge < -0.3 is 4.42 Å². The van der Waals surface area contributed by atoms with Crippen molar-refractivity contribution in [2.24, 2.45) is 0 Å². The van der Waals surface area contributed by atoms with E-state index in [1.807, 2.05) is 0 Å². The Bertz CT molecular complexity index is 439. The molecule has 0 atom stereocenters. The molecule has 1 saturated heterocycles. The average molecular weight is 248 g/mol. The highest BCUT2D eigenvalue weighted by molar-refractivity contribution is 5.91. The van der Waals surface area contributed by atoms with Crippen LogP contribution in [0.25, 0.3) is 0 Å². The first-order chi connectivity index (χ1) is 7.89. The Morgan fingerprint density at radius 3 is 2.59 bits per heavy atom. The molecule has 0 N–H and O–H groups in total. The van der Waals surface area contributed by atoms with Crippen molar-refractivity contribution in [3.05, 3.63) is 11.5 Å². The van der Waals surface area contributed by atoms with Gasteiger partial charge in [-0.1, -0.05) is 0 Å². The highest BCUT2D eigenvalue weighted by atomic mass is 19.4. The summed E-state index contributed by atoms with van der Waals surface area (Å²) in [4.78, 5) is 16.1. The summed E-state index contributed by atoms with van der Waals surface area (Å²) in [5.74, 6) is -0.558. The zero-order valence-corrected chi connectivity index (χ0v) is 9.17. The zero-order chi connectivity index (χ0) is 12.6. The quantitative estimate of drug-likeness (QED) is 0.767. The fraction of sp³-hybridized carbons (Fsp3) is 0.600. The molecule has 1 fully saturated rings. The average Bonchev–Trinajstić information content (AvgIpc) is 2.60. The number of piperidine rings is 1. The van der Waals surface area contributed by atoms with Gasteiger partial charge in [-0.3, -0.25) is 9.69 Å². The van der Waals surface area contributed by atoms with Crippen molar-refractivity contribution in [3.63, 3.8) is 0 Å². The number of oxazole rings is 1. The maximum atomic E-state index is 12.5. The molecular weight excluding hydrogens is 237 g/mol. The van der Waals surface area contributed by atoms with E-state index in [1.165, 1.54) is 11.8 Å². The minimum Gasteiger partial charge on any atom is -0.428 e. The monoisotopic (exact) mass is 248 g/mol. The molecule has 0 aliphatic carbocycles. The van der Waals surface area contributed by atoms with Gasteiger partial charge in [0, 0.05) is 13.0 Å². The fourth-order valence-electron chi connectivity index (χ4n) is 1.77. The minimum absolute atomic E-state index is 0.244. The number of hydrogen-bond acceptors (Lipinski definition) is 3. The van der Waals surface area contributed by atoms with Crippen LogP contribution in [0.4, 0.5) is 19.2 Å². The van der Waals surface area contributed by atoms with Crippen LogP contribution in [0.2, 0.25) is 0 Å². The topological polar surface area (TPSA) is 46.3 Å². The molecule has 1 aromatic heterocycles. The van der Waals surface area contributed by atoms with Gasteiger partial charge >= 0.3 is 12.2 Å². The minimum atomic E-state index is -4.55. The maximum Gasteiger partial charge on any atom is 0.436 e. The molecule has 7 heteroatoms. The van der Waals surface area contributed by atoms with Crippen LogP contribution in [0.3, 0.4) is 0 Å². The number of anilines is 1. The van der Waals surface area contributed by atoms with Crippen molar-refractivity contribution in [1.29, 1.82) is 0 Å². The highest BCUT2D eigenvalue weighted by Crippen LogP contribution is 2.34. The van der Waals surface area contributed by atoms with Crippen LogP contribution in [0, 0.1) is 6.92 Å². The predicted octanol–water partition coefficient (Wildman–Crippen LogP) is 2.52. The summed E-state index contributed by atoms with van der Waals surface area (Å²) in [5, 5.41) is 0. The van der Waals surface area contributed by atoms with Crippen molar-refractivity contribution in [3.8, 4) is 0 Å². The molecular formula is C10H11F3N2O2. The zero-order valence-electron chi connectivity index (χ0n) is 9.17. The van der Waals surface area contributed by atoms with E-state index in [4.69, 9.17) is 4.42 Å². The van der Waals surface area contributed by atoms with Crippen LogP contribution < -0.4 is 4.90 Å². The van der Waals surface area contributed by atoms with E-state index in [9.17, 15) is 18.0 Å². The van der Waals surface area contributed by atoms with Gasteiger partial charge in [0.05, 0.1) is 0 Å². The molecule has 17 heavy (non-hydrogen) atoms. The Balaban J connectivity index is 2.31. The lowest BCUT2D eigenvalue weighted by Crippen LogP contribution is -2.35. The van der Waals surface area contributed by atoms with E-state index < -0.39 is 11.9 Å². The summed E-state index contributed by atoms with van der Waals surface area (Å²) >= 11 is 0. The number of hydrogen-bond donors (Lipinski definition) is 0. The summed E-state index contributed by atoms with van der Waals surface area (Å²) in [6.45, 7) is 1.55. The van der Waals surface area contributed by atoms with Crippen molar-refractivity contribution < 1.29 is 22.4 Å². The summed E-state index contributed by atoms with van der Waals surface area (Å²) in [6, 6.07) is -0.250. The van der Waals surface area contributed by atoms with Gasteiger partial charge in [0.2, 0.25) is 5.91 Å². The molecule has 0 saturated carbocycles. The molecule has 4 nitrogen and oxygen atoms in total. The van der Waals surface area contributed by atoms with Crippen LogP contribution in [-0.4, -0.2) is 17.4 Å². The Labute approximate surface area is 95.4 Å². The normalized spacial score (nSPS) is 17.6. The molecule has 0 unspecified atom stereocenters. The van der Waals surface area contributed by atoms with Gasteiger partial charge in [-0.15, -0.1) is 0 Å². The second-order valence-electron chi connectivity index (χ2n) is 3.90. The standard InChI is InChI=1S/C10H11F3N2O2/c1-6-8(10(11,12)13)14-9(17-6)15-5-3-2-4-7(15)16/h2-5H2,1H3. The molecule has 0 radical (unpaired) electrons. The lowest BCUT2D eigenvalue weighted by atomic mass is 10.1. The SMILES string of the molecule is Cc1oc(N2CCCCC2=O)nc1C(F)(F)F. The summed E-state index contributed by atoms with van der Waals surface area (Å²) < 4.78 is 42.4. The van der Waals surface area contributed by atoms with E-state index in [-0.39, 0.29) is 17.7 Å². The number of rotatable bonds is 1. The maximum absolute atomic E-state index is 12.5. The third-order valence-electron chi connectivity index (χ3n) is 2.61. The number of carbonyl (C=O) groups is 1. The van der Waals surface area contributed by atoms with E-state index in [0.717, 1.165) is 12.8 Å². The molecule has 0 spiro atoms. The third kappa shape index (κ3) is 2.27. The number of alkyl halides is 3. The van der Waals surface area contributed by atoms with Crippen LogP contribution in [-0.2, 0) is 11.0 Å². The largest absolute Gasteiger partial charge is 0.436 e. The molecule has 0 aromatic carbocycles. The van der Waals surface area contributed by atoms with E-state index in [0.29, 0.717) is 13.0 Å². The van der Waals surface area contributed by atoms with E-state index in [2.05, 4.69) is 4.98 Å². The molecule has 1 aliphatic heterocycles. The molecule has 2 heterocycles. The van der Waals surface area contributed by atoms with Gasteiger partial charge in [0.1, 0.15) is 5.76 Å². The predicted molar refractivity (Wildman–Crippen MR) is 52.4 cm³/mol. The van der Waals surface area contributed by atoms with Crippen molar-refractivity contribution in [2.75, 3.05) is 11.4 Å². The second-order valence-corrected chi connectivity index (χ2v) is 3.90. The summed E-state index contributed by atoms with van der Waals surface area (Å²) in [7, 11) is 0. The Morgan fingerprint density at radius 2 is 2.06 bits per heavy atom. The number of nitrogens with zero attached hydrogens (tertiary/aromatic N) is 2. The smallest absolute Gasteiger partial charge is 0.428 e. The Hall–Kier alpha value is -1.53. The molecule has 2 rings (SSSR count). The van der Waals surface area contributed by atoms with E-state index in [1.54, 1.807) is 0 Å². The fourth-order valence-corrected chi connectivity index (χ4v) is 1.77. The molecule has 0 bridgehead atoms. The van der Waals surface area contributed by atoms with Crippen LogP contribution in [0.15, 0.2) is 4.42 Å². The van der Waals surface area contributed by atoms with Gasteiger partial charge in [-0.05, 0) is 19.8 Å². The van der Waals surface area contributed by atoms with Gasteiger partial charge in [-0.2, -0.15) is 18.2 Å². The summed E-state index contributed by atoms with van der Waals surface area (Å²) in [5.41, 5.74) is -1.06. The van der Waals surface area contributed by atoms with E-state index >= 15 is 0 Å². The lowest BCUT2D eigenvalue weighted by Gasteiger charge is -2.22. The van der Waals surface area contributed by atoms with Crippen LogP contribution in [0.5, 0.6) is 0 Å². The van der Waals surface area contributed by atoms with Gasteiger partial charge in [0.15, 0.2) is 5.69 Å². The van der Waals surface area contributed by atoms with Crippen LogP contribution in [0.1, 0.15) is 30.7 Å². The molecule has 94 valence electrons. The van der Waals surface area contributed by atoms with Crippen molar-refractivity contribution in [2.45, 2.75) is 32.4 Å². The number of amides is 1. The first-order valence-corrected chi connectivity index (χ1v) is 5.24. The van der Waals surface area contributed by atoms with Crippen molar-refractivity contribution >= 4 is 11.9 Å². The highest BCUT2D eigenvalue weighted by Gasteiger charge is 2.38. The number of carbonyl (C=O) groups excluding carboxylic acids is 1. The number of aromatic nitrogens is 1.